The number of amides is 1. The predicted octanol–water partition coefficient (Wildman–Crippen LogP) is 5.60. The molecule has 0 bridgehead atoms. The maximum atomic E-state index is 15.3. The highest BCUT2D eigenvalue weighted by Crippen LogP contribution is 2.49. The fourth-order valence-electron chi connectivity index (χ4n) is 6.45. The molecular weight excluding hydrogens is 613 g/mol. The van der Waals surface area contributed by atoms with Crippen LogP contribution in [0.5, 0.6) is 5.75 Å². The van der Waals surface area contributed by atoms with Gasteiger partial charge in [0.05, 0.1) is 28.8 Å². The molecule has 11 nitrogen and oxygen atoms in total. The zero-order chi connectivity index (χ0) is 31.9. The Morgan fingerprint density at radius 3 is 2.39 bits per heavy atom. The van der Waals surface area contributed by atoms with Crippen molar-refractivity contribution in [2.45, 2.75) is 69.9 Å². The van der Waals surface area contributed by atoms with Gasteiger partial charge in [0.1, 0.15) is 40.6 Å². The highest BCUT2D eigenvalue weighted by Gasteiger charge is 2.40. The van der Waals surface area contributed by atoms with Crippen LogP contribution in [0.15, 0.2) is 35.4 Å². The van der Waals surface area contributed by atoms with E-state index in [0.717, 1.165) is 37.1 Å². The topological polar surface area (TPSA) is 116 Å². The predicted molar refractivity (Wildman–Crippen MR) is 170 cm³/mol. The fraction of sp³-hybridized carbons (Fsp3) is 0.455. The molecule has 1 atom stereocenters. The third-order valence-electron chi connectivity index (χ3n) is 8.89. The Bertz CT molecular complexity index is 1940. The lowest BCUT2D eigenvalue weighted by Crippen LogP contribution is -2.57. The first kappa shape index (κ1) is 29.1. The normalized spacial score (nSPS) is 19.5. The minimum Gasteiger partial charge on any atom is -0.489 e. The minimum atomic E-state index is -0.648. The zero-order valence-corrected chi connectivity index (χ0v) is 26.6. The summed E-state index contributed by atoms with van der Waals surface area (Å²) in [6, 6.07) is 5.88. The van der Waals surface area contributed by atoms with Crippen LogP contribution in [0.1, 0.15) is 69.7 Å². The third kappa shape index (κ3) is 4.94. The van der Waals surface area contributed by atoms with Crippen molar-refractivity contribution in [1.82, 2.24) is 29.4 Å². The number of piperazine rings is 1. The summed E-state index contributed by atoms with van der Waals surface area (Å²) in [5, 5.41) is 0.564. The second-order valence-corrected chi connectivity index (χ2v) is 13.8. The van der Waals surface area contributed by atoms with E-state index in [9.17, 15) is 9.59 Å². The Morgan fingerprint density at radius 2 is 1.74 bits per heavy atom. The fourth-order valence-corrected chi connectivity index (χ4v) is 6.75. The van der Waals surface area contributed by atoms with Crippen LogP contribution in [0, 0.1) is 5.82 Å². The van der Waals surface area contributed by atoms with Crippen molar-refractivity contribution in [2.75, 3.05) is 31.1 Å². The number of anilines is 1. The summed E-state index contributed by atoms with van der Waals surface area (Å²) in [4.78, 5) is 49.9. The Hall–Kier alpha value is -4.32. The summed E-state index contributed by atoms with van der Waals surface area (Å²) in [6.07, 6.45) is 5.00. The van der Waals surface area contributed by atoms with Crippen molar-refractivity contribution in [3.05, 3.63) is 63.3 Å². The van der Waals surface area contributed by atoms with E-state index in [4.69, 9.17) is 26.1 Å². The lowest BCUT2D eigenvalue weighted by atomic mass is 10.1. The first-order valence-electron chi connectivity index (χ1n) is 15.7. The number of halogens is 2. The summed E-state index contributed by atoms with van der Waals surface area (Å²) in [7, 11) is 0. The van der Waals surface area contributed by atoms with Crippen LogP contribution in [-0.4, -0.2) is 73.4 Å². The molecule has 2 aliphatic carbocycles. The van der Waals surface area contributed by atoms with Crippen molar-refractivity contribution in [1.29, 1.82) is 0 Å². The molecule has 1 saturated heterocycles. The maximum Gasteiger partial charge on any atom is 0.410 e. The molecule has 3 aromatic heterocycles. The number of hydrogen-bond donors (Lipinski definition) is 0. The van der Waals surface area contributed by atoms with Gasteiger partial charge in [0, 0.05) is 37.0 Å². The molecule has 8 rings (SSSR count). The molecule has 238 valence electrons. The zero-order valence-electron chi connectivity index (χ0n) is 25.8. The average Bonchev–Trinajstić information content (AvgIpc) is 3.92. The van der Waals surface area contributed by atoms with E-state index in [-0.39, 0.29) is 58.7 Å². The van der Waals surface area contributed by atoms with E-state index in [0.29, 0.717) is 30.0 Å². The molecule has 2 saturated carbocycles. The minimum absolute atomic E-state index is 0.115. The lowest BCUT2D eigenvalue weighted by Gasteiger charge is -2.41. The van der Waals surface area contributed by atoms with Crippen LogP contribution in [0.2, 0.25) is 5.02 Å². The summed E-state index contributed by atoms with van der Waals surface area (Å²) in [5.74, 6) is 0.521. The SMILES string of the molecule is CC(C)(C)OC(=O)N1CCN2c3nc(=O)n(-c4c(C5CC5)ncnc4C4CC4)c4nc(-c5ccccc5F)c(Cl)c(c34)OC[C@H]2C1. The molecule has 4 aliphatic rings. The Kier molecular flexibility index (Phi) is 6.72. The molecule has 1 amide bonds. The number of carbonyl (C=O) groups is 1. The summed E-state index contributed by atoms with van der Waals surface area (Å²) in [5.41, 5.74) is 1.58. The van der Waals surface area contributed by atoms with Crippen molar-refractivity contribution in [3.63, 3.8) is 0 Å². The second kappa shape index (κ2) is 10.6. The molecule has 5 heterocycles. The van der Waals surface area contributed by atoms with E-state index in [1.54, 1.807) is 29.4 Å². The number of nitrogens with zero attached hydrogens (tertiary/aromatic N) is 7. The standard InChI is InChI=1S/C33H33ClFN7O4/c1-33(2,3)46-32(44)40-12-13-41-19(14-40)15-45-28-22-29(41)39-31(43)42(27-24(17-8-9-17)36-16-37-25(27)18-10-11-18)30(22)38-26(23(28)34)20-6-4-5-7-21(20)35/h4-7,16-19H,8-15H2,1-3H3/t19-/m1/s1. The molecule has 13 heteroatoms. The molecule has 0 unspecified atom stereocenters. The number of carbonyl (C=O) groups excluding carboxylic acids is 1. The van der Waals surface area contributed by atoms with Gasteiger partial charge in [-0.3, -0.25) is 0 Å². The van der Waals surface area contributed by atoms with E-state index >= 15 is 4.39 Å². The molecule has 3 fully saturated rings. The summed E-state index contributed by atoms with van der Waals surface area (Å²) in [6.45, 7) is 6.62. The summed E-state index contributed by atoms with van der Waals surface area (Å²) >= 11 is 7.05. The number of aromatic nitrogens is 5. The number of benzene rings is 1. The van der Waals surface area contributed by atoms with E-state index in [1.165, 1.54) is 10.6 Å². The van der Waals surface area contributed by atoms with E-state index in [2.05, 4.69) is 15.0 Å². The van der Waals surface area contributed by atoms with Crippen molar-refractivity contribution in [2.24, 2.45) is 0 Å². The van der Waals surface area contributed by atoms with Gasteiger partial charge in [-0.2, -0.15) is 4.98 Å². The molecule has 0 N–H and O–H groups in total. The largest absolute Gasteiger partial charge is 0.489 e. The Balaban J connectivity index is 1.36. The first-order chi connectivity index (χ1) is 22.1. The number of fused-ring (bicyclic) bond motifs is 2. The molecule has 4 aromatic rings. The van der Waals surface area contributed by atoms with Gasteiger partial charge in [-0.25, -0.2) is 33.5 Å². The van der Waals surface area contributed by atoms with Crippen molar-refractivity contribution < 1.29 is 18.7 Å². The molecule has 0 radical (unpaired) electrons. The van der Waals surface area contributed by atoms with Crippen molar-refractivity contribution >= 4 is 34.5 Å². The molecule has 0 spiro atoms. The Morgan fingerprint density at radius 1 is 1.04 bits per heavy atom. The van der Waals surface area contributed by atoms with Crippen LogP contribution in [0.3, 0.4) is 0 Å². The summed E-state index contributed by atoms with van der Waals surface area (Å²) < 4.78 is 28.9. The monoisotopic (exact) mass is 645 g/mol. The number of ether oxygens (including phenoxy) is 2. The van der Waals surface area contributed by atoms with Gasteiger partial charge in [0.2, 0.25) is 0 Å². The van der Waals surface area contributed by atoms with Gasteiger partial charge in [0.15, 0.2) is 11.4 Å². The molecule has 46 heavy (non-hydrogen) atoms. The van der Waals surface area contributed by atoms with Crippen molar-refractivity contribution in [3.8, 4) is 22.7 Å². The number of rotatable bonds is 4. The smallest absolute Gasteiger partial charge is 0.410 e. The highest BCUT2D eigenvalue weighted by atomic mass is 35.5. The maximum absolute atomic E-state index is 15.3. The van der Waals surface area contributed by atoms with Gasteiger partial charge in [-0.15, -0.1) is 0 Å². The second-order valence-electron chi connectivity index (χ2n) is 13.5. The first-order valence-corrected chi connectivity index (χ1v) is 16.1. The van der Waals surface area contributed by atoms with E-state index < -0.39 is 23.2 Å². The molecule has 1 aromatic carbocycles. The van der Waals surface area contributed by atoms with Gasteiger partial charge in [0.25, 0.3) is 0 Å². The van der Waals surface area contributed by atoms with E-state index in [1.807, 2.05) is 25.7 Å². The van der Waals surface area contributed by atoms with Crippen LogP contribution < -0.4 is 15.3 Å². The highest BCUT2D eigenvalue weighted by molar-refractivity contribution is 6.36. The van der Waals surface area contributed by atoms with Crippen LogP contribution in [0.25, 0.3) is 28.0 Å². The van der Waals surface area contributed by atoms with Gasteiger partial charge >= 0.3 is 11.8 Å². The average molecular weight is 646 g/mol. The van der Waals surface area contributed by atoms with Crippen LogP contribution in [0.4, 0.5) is 15.0 Å². The van der Waals surface area contributed by atoms with Crippen LogP contribution in [-0.2, 0) is 4.74 Å². The number of pyridine rings is 1. The quantitative estimate of drug-likeness (QED) is 0.280. The Labute approximate surface area is 269 Å². The number of hydrogen-bond acceptors (Lipinski definition) is 9. The van der Waals surface area contributed by atoms with Crippen LogP contribution >= 0.6 is 11.6 Å². The van der Waals surface area contributed by atoms with Gasteiger partial charge in [-0.1, -0.05) is 23.7 Å². The third-order valence-corrected chi connectivity index (χ3v) is 9.24. The molecule has 2 aliphatic heterocycles. The van der Waals surface area contributed by atoms with Gasteiger partial charge in [-0.05, 0) is 58.6 Å². The molecular formula is C33H33ClFN7O4. The lowest BCUT2D eigenvalue weighted by molar-refractivity contribution is 0.0202. The van der Waals surface area contributed by atoms with Gasteiger partial charge < -0.3 is 19.3 Å².